The number of aliphatic carboxylic acids is 1. The van der Waals surface area contributed by atoms with E-state index in [4.69, 9.17) is 5.11 Å². The van der Waals surface area contributed by atoms with Crippen LogP contribution in [0.15, 0.2) is 0 Å². The Hall–Kier alpha value is -0.600. The van der Waals surface area contributed by atoms with Crippen molar-refractivity contribution in [1.29, 1.82) is 0 Å². The molecule has 0 aromatic carbocycles. The Balaban J connectivity index is 2.37. The minimum atomic E-state index is -0.986. The second kappa shape index (κ2) is 2.33. The average Bonchev–Trinajstić information content (AvgIpc) is 2.50. The molecule has 0 amide bonds. The third-order valence-corrected chi connectivity index (χ3v) is 1.67. The van der Waals surface area contributed by atoms with E-state index >= 15 is 0 Å². The van der Waals surface area contributed by atoms with Crippen LogP contribution in [0.25, 0.3) is 0 Å². The van der Waals surface area contributed by atoms with Crippen LogP contribution in [-0.2, 0) is 4.79 Å². The van der Waals surface area contributed by atoms with E-state index in [1.54, 1.807) is 0 Å². The van der Waals surface area contributed by atoms with Gasteiger partial charge >= 0.3 is 5.97 Å². The second-order valence-electron chi connectivity index (χ2n) is 2.44. The van der Waals surface area contributed by atoms with Crippen molar-refractivity contribution in [3.63, 3.8) is 0 Å². The van der Waals surface area contributed by atoms with Crippen LogP contribution in [0.3, 0.4) is 0 Å². The Morgan fingerprint density at radius 1 is 1.78 bits per heavy atom. The topological polar surface area (TPSA) is 37.3 Å². The zero-order valence-corrected chi connectivity index (χ0v) is 5.01. The summed E-state index contributed by atoms with van der Waals surface area (Å²) in [6.45, 7) is -0.708. The fourth-order valence-corrected chi connectivity index (χ4v) is 0.892. The standard InChI is InChI=1S/C6H9FO2/c7-3-5(6(8)9)4-1-2-4/h4-5H,1-3H2,(H,8,9). The third kappa shape index (κ3) is 1.40. The van der Waals surface area contributed by atoms with Crippen molar-refractivity contribution in [3.05, 3.63) is 0 Å². The molecule has 2 nitrogen and oxygen atoms in total. The number of carboxylic acid groups (broad SMARTS) is 1. The number of rotatable bonds is 3. The first-order chi connectivity index (χ1) is 4.25. The lowest BCUT2D eigenvalue weighted by Crippen LogP contribution is -2.17. The van der Waals surface area contributed by atoms with Crippen LogP contribution >= 0.6 is 0 Å². The van der Waals surface area contributed by atoms with Crippen LogP contribution in [-0.4, -0.2) is 17.8 Å². The molecule has 1 N–H and O–H groups in total. The monoisotopic (exact) mass is 132 g/mol. The van der Waals surface area contributed by atoms with Gasteiger partial charge in [0.05, 0.1) is 5.92 Å². The normalized spacial score (nSPS) is 21.4. The Morgan fingerprint density at radius 2 is 2.33 bits per heavy atom. The zero-order valence-electron chi connectivity index (χ0n) is 5.01. The van der Waals surface area contributed by atoms with Crippen molar-refractivity contribution in [2.45, 2.75) is 12.8 Å². The van der Waals surface area contributed by atoms with Crippen molar-refractivity contribution < 1.29 is 14.3 Å². The Kier molecular flexibility index (Phi) is 1.69. The molecule has 0 radical (unpaired) electrons. The molecule has 1 aliphatic carbocycles. The maximum absolute atomic E-state index is 11.8. The lowest BCUT2D eigenvalue weighted by molar-refractivity contribution is -0.143. The predicted octanol–water partition coefficient (Wildman–Crippen LogP) is 1.07. The van der Waals surface area contributed by atoms with Gasteiger partial charge in [-0.05, 0) is 18.8 Å². The van der Waals surface area contributed by atoms with Crippen molar-refractivity contribution in [3.8, 4) is 0 Å². The molecule has 1 aliphatic rings. The molecule has 1 fully saturated rings. The van der Waals surface area contributed by atoms with E-state index in [9.17, 15) is 9.18 Å². The van der Waals surface area contributed by atoms with Gasteiger partial charge in [-0.1, -0.05) is 0 Å². The first-order valence-corrected chi connectivity index (χ1v) is 3.04. The molecule has 0 bridgehead atoms. The van der Waals surface area contributed by atoms with Crippen LogP contribution in [0, 0.1) is 11.8 Å². The smallest absolute Gasteiger partial charge is 0.309 e. The lowest BCUT2D eigenvalue weighted by atomic mass is 10.1. The first-order valence-electron chi connectivity index (χ1n) is 3.04. The fourth-order valence-electron chi connectivity index (χ4n) is 0.892. The minimum absolute atomic E-state index is 0.132. The summed E-state index contributed by atoms with van der Waals surface area (Å²) in [7, 11) is 0. The largest absolute Gasteiger partial charge is 0.481 e. The van der Waals surface area contributed by atoms with Gasteiger partial charge in [0.15, 0.2) is 0 Å². The number of hydrogen-bond donors (Lipinski definition) is 1. The van der Waals surface area contributed by atoms with E-state index < -0.39 is 18.6 Å². The molecule has 52 valence electrons. The van der Waals surface area contributed by atoms with Crippen molar-refractivity contribution in [2.24, 2.45) is 11.8 Å². The van der Waals surface area contributed by atoms with Gasteiger partial charge in [0.2, 0.25) is 0 Å². The van der Waals surface area contributed by atoms with Crippen LogP contribution in [0.1, 0.15) is 12.8 Å². The van der Waals surface area contributed by atoms with Crippen molar-refractivity contribution in [1.82, 2.24) is 0 Å². The minimum Gasteiger partial charge on any atom is -0.481 e. The molecule has 0 aromatic rings. The molecule has 0 aromatic heterocycles. The molecule has 0 spiro atoms. The molecule has 9 heavy (non-hydrogen) atoms. The third-order valence-electron chi connectivity index (χ3n) is 1.67. The maximum Gasteiger partial charge on any atom is 0.309 e. The number of halogens is 1. The Bertz CT molecular complexity index is 120. The molecule has 1 atom stereocenters. The highest BCUT2D eigenvalue weighted by Gasteiger charge is 2.35. The summed E-state index contributed by atoms with van der Waals surface area (Å²) in [4.78, 5) is 10.2. The van der Waals surface area contributed by atoms with Gasteiger partial charge in [-0.3, -0.25) is 9.18 Å². The zero-order chi connectivity index (χ0) is 6.85. The van der Waals surface area contributed by atoms with Crippen LogP contribution in [0.5, 0.6) is 0 Å². The Labute approximate surface area is 52.7 Å². The molecule has 0 heterocycles. The highest BCUT2D eigenvalue weighted by Crippen LogP contribution is 2.36. The summed E-state index contributed by atoms with van der Waals surface area (Å²) in [5.41, 5.74) is 0. The van der Waals surface area contributed by atoms with Gasteiger partial charge in [0.25, 0.3) is 0 Å². The Morgan fingerprint density at radius 3 is 2.44 bits per heavy atom. The fraction of sp³-hybridized carbons (Fsp3) is 0.833. The molecule has 1 unspecified atom stereocenters. The summed E-state index contributed by atoms with van der Waals surface area (Å²) < 4.78 is 11.8. The van der Waals surface area contributed by atoms with E-state index in [0.717, 1.165) is 12.8 Å². The van der Waals surface area contributed by atoms with Crippen LogP contribution < -0.4 is 0 Å². The molecule has 1 rings (SSSR count). The van der Waals surface area contributed by atoms with Gasteiger partial charge in [-0.15, -0.1) is 0 Å². The van der Waals surface area contributed by atoms with Gasteiger partial charge in [0.1, 0.15) is 6.67 Å². The maximum atomic E-state index is 11.8. The van der Waals surface area contributed by atoms with E-state index in [0.29, 0.717) is 0 Å². The SMILES string of the molecule is O=C(O)C(CF)C1CC1. The number of carboxylic acids is 1. The van der Waals surface area contributed by atoms with E-state index in [1.807, 2.05) is 0 Å². The first kappa shape index (κ1) is 6.52. The molecule has 0 saturated heterocycles. The van der Waals surface area contributed by atoms with Gasteiger partial charge in [-0.2, -0.15) is 0 Å². The number of carbonyl (C=O) groups is 1. The van der Waals surface area contributed by atoms with Crippen molar-refractivity contribution in [2.75, 3.05) is 6.67 Å². The average molecular weight is 132 g/mol. The lowest BCUT2D eigenvalue weighted by Gasteiger charge is -2.02. The molecule has 3 heteroatoms. The van der Waals surface area contributed by atoms with E-state index in [1.165, 1.54) is 0 Å². The quantitative estimate of drug-likeness (QED) is 0.623. The highest BCUT2D eigenvalue weighted by atomic mass is 19.1. The predicted molar refractivity (Wildman–Crippen MR) is 29.8 cm³/mol. The summed E-state index contributed by atoms with van der Waals surface area (Å²) in [5, 5.41) is 8.34. The van der Waals surface area contributed by atoms with Gasteiger partial charge < -0.3 is 5.11 Å². The van der Waals surface area contributed by atoms with Crippen LogP contribution in [0.2, 0.25) is 0 Å². The number of alkyl halides is 1. The molecule has 0 aliphatic heterocycles. The number of hydrogen-bond acceptors (Lipinski definition) is 1. The summed E-state index contributed by atoms with van der Waals surface area (Å²) in [6, 6.07) is 0. The second-order valence-corrected chi connectivity index (χ2v) is 2.44. The summed E-state index contributed by atoms with van der Waals surface area (Å²) in [5.74, 6) is -1.57. The summed E-state index contributed by atoms with van der Waals surface area (Å²) >= 11 is 0. The van der Waals surface area contributed by atoms with E-state index in [2.05, 4.69) is 0 Å². The van der Waals surface area contributed by atoms with E-state index in [-0.39, 0.29) is 5.92 Å². The van der Waals surface area contributed by atoms with Gasteiger partial charge in [-0.25, -0.2) is 0 Å². The van der Waals surface area contributed by atoms with Crippen molar-refractivity contribution >= 4 is 5.97 Å². The van der Waals surface area contributed by atoms with Crippen LogP contribution in [0.4, 0.5) is 4.39 Å². The molecular formula is C6H9FO2. The molecular weight excluding hydrogens is 123 g/mol. The summed E-state index contributed by atoms with van der Waals surface area (Å²) in [6.07, 6.45) is 1.78. The molecule has 1 saturated carbocycles. The van der Waals surface area contributed by atoms with Gasteiger partial charge in [0, 0.05) is 0 Å². The highest BCUT2D eigenvalue weighted by molar-refractivity contribution is 5.70.